The average Bonchev–Trinajstić information content (AvgIpc) is 0.852. The fraction of sp³-hybridized carbons (Fsp3) is 0.279. The molecule has 98 heavy (non-hydrogen) atoms. The van der Waals surface area contributed by atoms with Gasteiger partial charge in [0.15, 0.2) is 0 Å². The van der Waals surface area contributed by atoms with Gasteiger partial charge in [-0.2, -0.15) is 0 Å². The lowest BCUT2D eigenvalue weighted by atomic mass is 9.97. The van der Waals surface area contributed by atoms with E-state index in [4.69, 9.17) is 37.9 Å². The summed E-state index contributed by atoms with van der Waals surface area (Å²) in [4.78, 5) is 28.9. The second-order valence-electron chi connectivity index (χ2n) is 25.5. The first kappa shape index (κ1) is 71.0. The quantitative estimate of drug-likeness (QED) is 0.0278. The number of hydrogen-bond acceptors (Lipinski definition) is 12. The molecule has 0 saturated carbocycles. The minimum Gasteiger partial charge on any atom is -0.432 e. The zero-order valence-corrected chi connectivity index (χ0v) is 57.5. The van der Waals surface area contributed by atoms with E-state index in [0.29, 0.717) is 39.6 Å². The van der Waals surface area contributed by atoms with Crippen LogP contribution >= 0.6 is 0 Å². The summed E-state index contributed by atoms with van der Waals surface area (Å²) < 4.78 is 44.6. The van der Waals surface area contributed by atoms with Crippen LogP contribution in [0, 0.1) is 0 Å². The highest BCUT2D eigenvalue weighted by Gasteiger charge is 2.25. The summed E-state index contributed by atoms with van der Waals surface area (Å²) in [6.07, 6.45) is 4.28. The minimum absolute atomic E-state index is 0.120. The molecule has 0 atom stereocenters. The van der Waals surface area contributed by atoms with Crippen molar-refractivity contribution >= 4 is 46.4 Å². The lowest BCUT2D eigenvalue weighted by molar-refractivity contribution is -0.0350. The summed E-state index contributed by atoms with van der Waals surface area (Å²) >= 11 is 0. The molecule has 10 rings (SSSR count). The van der Waals surface area contributed by atoms with E-state index >= 15 is 0 Å². The molecule has 0 radical (unpaired) electrons. The Morgan fingerprint density at radius 3 is 0.776 bits per heavy atom. The zero-order chi connectivity index (χ0) is 68.4. The summed E-state index contributed by atoms with van der Waals surface area (Å²) in [5.41, 5.74) is 18.6. The monoisotopic (exact) mass is 1310 g/mol. The van der Waals surface area contributed by atoms with Crippen LogP contribution in [-0.4, -0.2) is 76.4 Å². The average molecular weight is 1310 g/mol. The van der Waals surface area contributed by atoms with Gasteiger partial charge in [0, 0.05) is 34.1 Å². The Kier molecular flexibility index (Phi) is 26.0. The molecule has 0 heterocycles. The third-order valence-electron chi connectivity index (χ3n) is 17.0. The lowest BCUT2D eigenvalue weighted by Gasteiger charge is -2.26. The number of unbranched alkanes of at least 4 members (excludes halogenated alkanes) is 2. The van der Waals surface area contributed by atoms with Gasteiger partial charge in [0.2, 0.25) is 0 Å². The van der Waals surface area contributed by atoms with Crippen molar-refractivity contribution in [2.75, 3.05) is 62.7 Å². The fourth-order valence-electron chi connectivity index (χ4n) is 11.6. The number of carbonyl (C=O) groups is 2. The van der Waals surface area contributed by atoms with Crippen LogP contribution in [0.5, 0.6) is 0 Å². The van der Waals surface area contributed by atoms with E-state index in [0.717, 1.165) is 128 Å². The third kappa shape index (κ3) is 21.1. The first-order valence-electron chi connectivity index (χ1n) is 34.3. The second kappa shape index (κ2) is 36.0. The van der Waals surface area contributed by atoms with Crippen molar-refractivity contribution in [3.8, 4) is 55.6 Å². The van der Waals surface area contributed by atoms with E-state index in [1.807, 2.05) is 39.8 Å². The van der Waals surface area contributed by atoms with Crippen LogP contribution in [0.3, 0.4) is 0 Å². The molecule has 0 aliphatic heterocycles. The summed E-state index contributed by atoms with van der Waals surface area (Å²) in [5.74, 6) is 0. The molecule has 10 aromatic rings. The van der Waals surface area contributed by atoms with Gasteiger partial charge in [0.1, 0.15) is 24.4 Å². The normalized spacial score (nSPS) is 11.4. The molecule has 0 saturated heterocycles. The van der Waals surface area contributed by atoms with Gasteiger partial charge in [-0.05, 0) is 193 Å². The van der Waals surface area contributed by atoms with Crippen molar-refractivity contribution < 1.29 is 47.5 Å². The highest BCUT2D eigenvalue weighted by molar-refractivity contribution is 5.83. The number of nitrogens with zero attached hydrogens (tertiary/aromatic N) is 2. The molecular formula is C86H92N2O10. The Hall–Kier alpha value is -9.82. The van der Waals surface area contributed by atoms with Crippen molar-refractivity contribution in [3.63, 3.8) is 0 Å². The van der Waals surface area contributed by atoms with Crippen LogP contribution in [-0.2, 0) is 51.1 Å². The predicted molar refractivity (Wildman–Crippen MR) is 396 cm³/mol. The van der Waals surface area contributed by atoms with E-state index in [2.05, 4.69) is 266 Å². The molecule has 12 nitrogen and oxygen atoms in total. The maximum absolute atomic E-state index is 12.2. The van der Waals surface area contributed by atoms with Crippen molar-refractivity contribution in [2.24, 2.45) is 0 Å². The SMILES string of the molecule is CCCCC(C)(C)OC(=O)OCCOCCOCc1ccc(N(c2ccc(-c3ccccc3)cc2)c2ccc(-c3ccc(-c4ccc(-c5ccc(N(c6ccc(COCCOCCOC(=O)OC(C)(C)CCCC)cc6)c6ccc(-c7ccccc7)cc6)cc5)cc4)cc3)cc2)cc1. The summed E-state index contributed by atoms with van der Waals surface area (Å²) in [6, 6.07) is 90.4. The molecule has 0 aliphatic carbocycles. The Morgan fingerprint density at radius 2 is 0.510 bits per heavy atom. The van der Waals surface area contributed by atoms with Gasteiger partial charge in [-0.1, -0.05) is 209 Å². The molecule has 0 unspecified atom stereocenters. The van der Waals surface area contributed by atoms with Crippen molar-refractivity contribution in [2.45, 2.75) is 104 Å². The zero-order valence-electron chi connectivity index (χ0n) is 57.5. The molecule has 0 aromatic heterocycles. The standard InChI is InChI=1S/C86H92N2O10/c1-7-9-53-85(3,4)97-83(89)95-61-59-91-55-57-93-63-65-21-41-77(42-22-65)87(79-45-33-73(34-46-79)67-17-13-11-14-18-67)81-49-37-75(38-50-81)71-29-25-69(26-30-71)70-27-31-72(32-28-70)76-39-51-82(52-40-76)88(80-47-35-74(36-48-80)68-19-15-12-16-20-68)78-43-23-66(24-44-78)64-94-58-56-92-60-62-96-84(90)98-86(5,6)54-10-8-2/h11-52H,7-10,53-64H2,1-6H3. The molecule has 10 aromatic carbocycles. The highest BCUT2D eigenvalue weighted by Crippen LogP contribution is 2.40. The molecule has 506 valence electrons. The van der Waals surface area contributed by atoms with E-state index in [9.17, 15) is 9.59 Å². The molecule has 0 fully saturated rings. The summed E-state index contributed by atoms with van der Waals surface area (Å²) in [6.45, 7) is 15.0. The minimum atomic E-state index is -0.670. The van der Waals surface area contributed by atoms with Crippen LogP contribution in [0.2, 0.25) is 0 Å². The van der Waals surface area contributed by atoms with Gasteiger partial charge < -0.3 is 47.7 Å². The van der Waals surface area contributed by atoms with Crippen LogP contribution in [0.25, 0.3) is 55.6 Å². The second-order valence-corrected chi connectivity index (χ2v) is 25.5. The number of anilines is 6. The van der Waals surface area contributed by atoms with Crippen LogP contribution in [0.1, 0.15) is 91.2 Å². The molecule has 0 bridgehead atoms. The number of carbonyl (C=O) groups excluding carboxylic acids is 2. The third-order valence-corrected chi connectivity index (χ3v) is 17.0. The van der Waals surface area contributed by atoms with Crippen LogP contribution in [0.15, 0.2) is 255 Å². The number of rotatable bonds is 35. The fourth-order valence-corrected chi connectivity index (χ4v) is 11.6. The van der Waals surface area contributed by atoms with Gasteiger partial charge in [-0.3, -0.25) is 0 Å². The van der Waals surface area contributed by atoms with Gasteiger partial charge in [-0.15, -0.1) is 0 Å². The molecule has 12 heteroatoms. The Balaban J connectivity index is 0.748. The lowest BCUT2D eigenvalue weighted by Crippen LogP contribution is -2.29. The maximum atomic E-state index is 12.2. The van der Waals surface area contributed by atoms with Gasteiger partial charge >= 0.3 is 12.3 Å². The topological polar surface area (TPSA) is 114 Å². The van der Waals surface area contributed by atoms with Gasteiger partial charge in [0.25, 0.3) is 0 Å². The van der Waals surface area contributed by atoms with Gasteiger partial charge in [-0.25, -0.2) is 9.59 Å². The van der Waals surface area contributed by atoms with Crippen molar-refractivity contribution in [1.29, 1.82) is 0 Å². The predicted octanol–water partition coefficient (Wildman–Crippen LogP) is 22.3. The van der Waals surface area contributed by atoms with Crippen LogP contribution < -0.4 is 9.80 Å². The van der Waals surface area contributed by atoms with E-state index in [1.54, 1.807) is 0 Å². The molecule has 0 aliphatic rings. The Labute approximate surface area is 579 Å². The number of ether oxygens (including phenoxy) is 8. The Bertz CT molecular complexity index is 3730. The molecular weight excluding hydrogens is 1220 g/mol. The van der Waals surface area contributed by atoms with Crippen molar-refractivity contribution in [1.82, 2.24) is 0 Å². The Morgan fingerprint density at radius 1 is 0.286 bits per heavy atom. The summed E-state index contributed by atoms with van der Waals surface area (Å²) in [5, 5.41) is 0. The van der Waals surface area contributed by atoms with E-state index in [-0.39, 0.29) is 26.4 Å². The molecule has 0 N–H and O–H groups in total. The highest BCUT2D eigenvalue weighted by atomic mass is 16.7. The molecule has 0 spiro atoms. The first-order chi connectivity index (χ1) is 47.8. The smallest absolute Gasteiger partial charge is 0.432 e. The number of hydrogen-bond donors (Lipinski definition) is 0. The van der Waals surface area contributed by atoms with Gasteiger partial charge in [0.05, 0.1) is 52.9 Å². The van der Waals surface area contributed by atoms with E-state index < -0.39 is 23.5 Å². The summed E-state index contributed by atoms with van der Waals surface area (Å²) in [7, 11) is 0. The molecule has 0 amide bonds. The first-order valence-corrected chi connectivity index (χ1v) is 34.3. The van der Waals surface area contributed by atoms with Crippen LogP contribution in [0.4, 0.5) is 43.7 Å². The number of benzene rings is 10. The largest absolute Gasteiger partial charge is 0.508 e. The van der Waals surface area contributed by atoms with E-state index in [1.165, 1.54) is 11.1 Å². The van der Waals surface area contributed by atoms with Crippen molar-refractivity contribution in [3.05, 3.63) is 266 Å². The maximum Gasteiger partial charge on any atom is 0.508 e.